The van der Waals surface area contributed by atoms with E-state index in [1.807, 2.05) is 32.0 Å². The molecule has 6 heteroatoms. The number of nitrogens with one attached hydrogen (secondary N) is 1. The van der Waals surface area contributed by atoms with Gasteiger partial charge in [-0.05, 0) is 37.1 Å². The summed E-state index contributed by atoms with van der Waals surface area (Å²) in [4.78, 5) is 3.07. The van der Waals surface area contributed by atoms with Crippen LogP contribution in [0.4, 0.5) is 0 Å². The fraction of sp³-hybridized carbons (Fsp3) is 0.222. The summed E-state index contributed by atoms with van der Waals surface area (Å²) in [5.74, 6) is 0.840. The van der Waals surface area contributed by atoms with Gasteiger partial charge in [0.05, 0.1) is 6.61 Å². The van der Waals surface area contributed by atoms with Crippen LogP contribution in [0.5, 0.6) is 11.5 Å². The number of ether oxygens (including phenoxy) is 1. The SMILES string of the molecule is CCCOc1cc(C)cc(OS(=O)(=O)c2c[nH]c3ccccc23)c1. The number of aromatic nitrogens is 1. The third kappa shape index (κ3) is 3.38. The Kier molecular flexibility index (Phi) is 4.49. The molecular weight excluding hydrogens is 326 g/mol. The average molecular weight is 345 g/mol. The molecule has 126 valence electrons. The van der Waals surface area contributed by atoms with Crippen LogP contribution in [-0.2, 0) is 10.1 Å². The fourth-order valence-electron chi connectivity index (χ4n) is 2.49. The summed E-state index contributed by atoms with van der Waals surface area (Å²) in [5.41, 5.74) is 1.61. The minimum atomic E-state index is -3.94. The Morgan fingerprint density at radius 2 is 1.83 bits per heavy atom. The zero-order valence-electron chi connectivity index (χ0n) is 13.6. The van der Waals surface area contributed by atoms with Gasteiger partial charge in [-0.1, -0.05) is 25.1 Å². The zero-order chi connectivity index (χ0) is 17.2. The first-order chi connectivity index (χ1) is 11.5. The highest BCUT2D eigenvalue weighted by atomic mass is 32.2. The Hall–Kier alpha value is -2.47. The van der Waals surface area contributed by atoms with Gasteiger partial charge in [0.1, 0.15) is 16.4 Å². The zero-order valence-corrected chi connectivity index (χ0v) is 14.4. The van der Waals surface area contributed by atoms with Gasteiger partial charge >= 0.3 is 10.1 Å². The van der Waals surface area contributed by atoms with Gasteiger partial charge in [0, 0.05) is 23.2 Å². The standard InChI is InChI=1S/C18H19NO4S/c1-3-8-22-14-9-13(2)10-15(11-14)23-24(20,21)18-12-19-17-7-5-4-6-16(17)18/h4-7,9-12,19H,3,8H2,1-2H3. The van der Waals surface area contributed by atoms with Crippen LogP contribution < -0.4 is 8.92 Å². The highest BCUT2D eigenvalue weighted by Crippen LogP contribution is 2.28. The molecule has 0 fully saturated rings. The Labute approximate surface area is 141 Å². The maximum absolute atomic E-state index is 12.6. The van der Waals surface area contributed by atoms with Crippen molar-refractivity contribution in [3.63, 3.8) is 0 Å². The van der Waals surface area contributed by atoms with E-state index >= 15 is 0 Å². The Morgan fingerprint density at radius 3 is 2.62 bits per heavy atom. The average Bonchev–Trinajstić information content (AvgIpc) is 2.97. The molecule has 1 aromatic heterocycles. The van der Waals surface area contributed by atoms with Gasteiger partial charge in [-0.2, -0.15) is 8.42 Å². The molecule has 0 aliphatic carbocycles. The van der Waals surface area contributed by atoms with Crippen LogP contribution in [-0.4, -0.2) is 20.0 Å². The van der Waals surface area contributed by atoms with Crippen LogP contribution in [0.1, 0.15) is 18.9 Å². The van der Waals surface area contributed by atoms with Gasteiger partial charge in [0.15, 0.2) is 0 Å². The minimum absolute atomic E-state index is 0.121. The summed E-state index contributed by atoms with van der Waals surface area (Å²) in [6.07, 6.45) is 2.32. The lowest BCUT2D eigenvalue weighted by Crippen LogP contribution is -2.09. The summed E-state index contributed by atoms with van der Waals surface area (Å²) in [6, 6.07) is 12.3. The highest BCUT2D eigenvalue weighted by molar-refractivity contribution is 7.87. The van der Waals surface area contributed by atoms with E-state index in [9.17, 15) is 8.42 Å². The van der Waals surface area contributed by atoms with Gasteiger partial charge in [-0.3, -0.25) is 0 Å². The lowest BCUT2D eigenvalue weighted by molar-refractivity contribution is 0.316. The Bertz CT molecular complexity index is 960. The quantitative estimate of drug-likeness (QED) is 0.685. The van der Waals surface area contributed by atoms with Crippen LogP contribution in [0.2, 0.25) is 0 Å². The third-order valence-electron chi connectivity index (χ3n) is 3.52. The number of rotatable bonds is 6. The molecule has 3 aromatic rings. The minimum Gasteiger partial charge on any atom is -0.493 e. The second-order valence-electron chi connectivity index (χ2n) is 5.57. The summed E-state index contributed by atoms with van der Waals surface area (Å²) >= 11 is 0. The lowest BCUT2D eigenvalue weighted by atomic mass is 10.2. The first-order valence-electron chi connectivity index (χ1n) is 7.74. The summed E-state index contributed by atoms with van der Waals surface area (Å²) in [5, 5.41) is 0.604. The molecule has 1 heterocycles. The summed E-state index contributed by atoms with van der Waals surface area (Å²) < 4.78 is 36.2. The normalized spacial score (nSPS) is 11.6. The first kappa shape index (κ1) is 16.4. The van der Waals surface area contributed by atoms with Crippen molar-refractivity contribution < 1.29 is 17.3 Å². The lowest BCUT2D eigenvalue weighted by Gasteiger charge is -2.10. The third-order valence-corrected chi connectivity index (χ3v) is 4.81. The van der Waals surface area contributed by atoms with E-state index in [1.165, 1.54) is 6.20 Å². The smallest absolute Gasteiger partial charge is 0.341 e. The van der Waals surface area contributed by atoms with Gasteiger partial charge in [0.2, 0.25) is 0 Å². The van der Waals surface area contributed by atoms with Crippen molar-refractivity contribution in [2.24, 2.45) is 0 Å². The second-order valence-corrected chi connectivity index (χ2v) is 7.08. The maximum atomic E-state index is 12.6. The van der Waals surface area contributed by atoms with Crippen LogP contribution in [0.15, 0.2) is 53.6 Å². The molecule has 0 unspecified atom stereocenters. The monoisotopic (exact) mass is 345 g/mol. The van der Waals surface area contributed by atoms with Crippen LogP contribution in [0.25, 0.3) is 10.9 Å². The van der Waals surface area contributed by atoms with Gasteiger partial charge in [0.25, 0.3) is 0 Å². The molecule has 0 saturated heterocycles. The molecule has 0 aliphatic rings. The van der Waals surface area contributed by atoms with Gasteiger partial charge in [-0.25, -0.2) is 0 Å². The maximum Gasteiger partial charge on any atom is 0.341 e. The predicted molar refractivity (Wildman–Crippen MR) is 93.1 cm³/mol. The molecule has 0 spiro atoms. The van der Waals surface area contributed by atoms with Crippen molar-refractivity contribution in [1.29, 1.82) is 0 Å². The summed E-state index contributed by atoms with van der Waals surface area (Å²) in [7, 11) is -3.94. The number of aryl methyl sites for hydroxylation is 1. The van der Waals surface area contributed by atoms with E-state index in [4.69, 9.17) is 8.92 Å². The number of H-pyrrole nitrogens is 1. The van der Waals surface area contributed by atoms with Crippen molar-refractivity contribution >= 4 is 21.0 Å². The van der Waals surface area contributed by atoms with E-state index in [0.29, 0.717) is 17.7 Å². The van der Waals surface area contributed by atoms with Crippen molar-refractivity contribution in [3.8, 4) is 11.5 Å². The molecule has 24 heavy (non-hydrogen) atoms. The first-order valence-corrected chi connectivity index (χ1v) is 9.15. The number of hydrogen-bond acceptors (Lipinski definition) is 4. The number of para-hydroxylation sites is 1. The molecule has 0 aliphatic heterocycles. The van der Waals surface area contributed by atoms with Crippen molar-refractivity contribution in [3.05, 3.63) is 54.2 Å². The van der Waals surface area contributed by atoms with E-state index < -0.39 is 10.1 Å². The molecular formula is C18H19NO4S. The number of aromatic amines is 1. The van der Waals surface area contributed by atoms with E-state index in [2.05, 4.69) is 4.98 Å². The van der Waals surface area contributed by atoms with Crippen molar-refractivity contribution in [2.45, 2.75) is 25.2 Å². The van der Waals surface area contributed by atoms with E-state index in [1.54, 1.807) is 24.3 Å². The molecule has 0 saturated carbocycles. The fourth-order valence-corrected chi connectivity index (χ4v) is 3.58. The van der Waals surface area contributed by atoms with Crippen LogP contribution in [0.3, 0.4) is 0 Å². The Balaban J connectivity index is 1.93. The molecule has 0 radical (unpaired) electrons. The number of benzene rings is 2. The molecule has 0 atom stereocenters. The topological polar surface area (TPSA) is 68.4 Å². The molecule has 2 aromatic carbocycles. The second kappa shape index (κ2) is 6.57. The molecule has 0 amide bonds. The highest BCUT2D eigenvalue weighted by Gasteiger charge is 2.21. The molecule has 5 nitrogen and oxygen atoms in total. The van der Waals surface area contributed by atoms with E-state index in [-0.39, 0.29) is 10.6 Å². The van der Waals surface area contributed by atoms with Gasteiger partial charge < -0.3 is 13.9 Å². The largest absolute Gasteiger partial charge is 0.493 e. The van der Waals surface area contributed by atoms with Crippen LogP contribution in [0, 0.1) is 6.92 Å². The number of fused-ring (bicyclic) bond motifs is 1. The van der Waals surface area contributed by atoms with Crippen LogP contribution >= 0.6 is 0 Å². The Morgan fingerprint density at radius 1 is 1.08 bits per heavy atom. The van der Waals surface area contributed by atoms with Gasteiger partial charge in [-0.15, -0.1) is 0 Å². The van der Waals surface area contributed by atoms with Crippen molar-refractivity contribution in [2.75, 3.05) is 6.61 Å². The predicted octanol–water partition coefficient (Wildman–Crippen LogP) is 4.03. The van der Waals surface area contributed by atoms with Crippen molar-refractivity contribution in [1.82, 2.24) is 4.98 Å². The number of hydrogen-bond donors (Lipinski definition) is 1. The molecule has 3 rings (SSSR count). The summed E-state index contributed by atoms with van der Waals surface area (Å²) in [6.45, 7) is 4.44. The molecule has 0 bridgehead atoms. The molecule has 1 N–H and O–H groups in total. The van der Waals surface area contributed by atoms with E-state index in [0.717, 1.165) is 17.5 Å².